The lowest BCUT2D eigenvalue weighted by Crippen LogP contribution is -2.46. The molecule has 0 aromatic heterocycles. The molecular weight excluding hydrogens is 336 g/mol. The number of carboxylic acids is 1. The molecule has 3 N–H and O–H groups in total. The van der Waals surface area contributed by atoms with Gasteiger partial charge in [0.1, 0.15) is 11.8 Å². The zero-order valence-electron chi connectivity index (χ0n) is 15.7. The van der Waals surface area contributed by atoms with E-state index in [1.807, 2.05) is 45.0 Å². The summed E-state index contributed by atoms with van der Waals surface area (Å²) in [4.78, 5) is 35.0. The largest absolute Gasteiger partial charge is 0.497 e. The van der Waals surface area contributed by atoms with Crippen LogP contribution in [0.4, 0.5) is 0 Å². The van der Waals surface area contributed by atoms with E-state index < -0.39 is 17.9 Å². The van der Waals surface area contributed by atoms with Gasteiger partial charge in [-0.25, -0.2) is 4.79 Å². The van der Waals surface area contributed by atoms with E-state index in [9.17, 15) is 14.4 Å². The molecule has 1 aromatic carbocycles. The van der Waals surface area contributed by atoms with Crippen molar-refractivity contribution in [2.75, 3.05) is 13.7 Å². The second-order valence-electron chi connectivity index (χ2n) is 6.74. The highest BCUT2D eigenvalue weighted by Crippen LogP contribution is 2.21. The first-order valence-corrected chi connectivity index (χ1v) is 8.65. The van der Waals surface area contributed by atoms with Crippen LogP contribution in [-0.4, -0.2) is 42.6 Å². The lowest BCUT2D eigenvalue weighted by molar-refractivity contribution is -0.142. The van der Waals surface area contributed by atoms with Crippen molar-refractivity contribution in [2.45, 2.75) is 45.6 Å². The minimum atomic E-state index is -1.08. The summed E-state index contributed by atoms with van der Waals surface area (Å²) in [5, 5.41) is 14.1. The predicted octanol–water partition coefficient (Wildman–Crippen LogP) is 1.92. The van der Waals surface area contributed by atoms with Gasteiger partial charge in [0.15, 0.2) is 0 Å². The molecule has 0 radical (unpaired) electrons. The Morgan fingerprint density at radius 2 is 1.69 bits per heavy atom. The lowest BCUT2D eigenvalue weighted by atomic mass is 9.97. The van der Waals surface area contributed by atoms with Crippen molar-refractivity contribution in [1.82, 2.24) is 10.6 Å². The Morgan fingerprint density at radius 1 is 1.08 bits per heavy atom. The van der Waals surface area contributed by atoms with Gasteiger partial charge >= 0.3 is 5.97 Å². The van der Waals surface area contributed by atoms with Crippen LogP contribution in [0.5, 0.6) is 5.75 Å². The highest BCUT2D eigenvalue weighted by atomic mass is 16.5. The monoisotopic (exact) mass is 364 g/mol. The summed E-state index contributed by atoms with van der Waals surface area (Å²) >= 11 is 0. The van der Waals surface area contributed by atoms with Gasteiger partial charge in [-0.1, -0.05) is 32.9 Å². The van der Waals surface area contributed by atoms with E-state index in [4.69, 9.17) is 9.84 Å². The van der Waals surface area contributed by atoms with Gasteiger partial charge in [-0.05, 0) is 36.0 Å². The molecule has 0 aliphatic carbocycles. The van der Waals surface area contributed by atoms with E-state index in [0.29, 0.717) is 6.42 Å². The van der Waals surface area contributed by atoms with Crippen LogP contribution in [0.15, 0.2) is 24.3 Å². The molecule has 0 aliphatic rings. The normalized spacial score (nSPS) is 13.0. The standard InChI is InChI=1S/C19H28N2O5/c1-12(2)9-16(19(24)25)21-18(23)11-20-17(22)10-13(3)14-5-7-15(26-4)8-6-14/h5-8,12-13,16H,9-11H2,1-4H3,(H,20,22)(H,21,23)(H,24,25)/t13?,16-/m0/s1. The Bertz CT molecular complexity index is 613. The highest BCUT2D eigenvalue weighted by molar-refractivity contribution is 5.88. The van der Waals surface area contributed by atoms with Crippen molar-refractivity contribution >= 4 is 17.8 Å². The fraction of sp³-hybridized carbons (Fsp3) is 0.526. The van der Waals surface area contributed by atoms with Crippen molar-refractivity contribution < 1.29 is 24.2 Å². The first-order chi connectivity index (χ1) is 12.2. The Labute approximate surface area is 154 Å². The average Bonchev–Trinajstić information content (AvgIpc) is 2.59. The van der Waals surface area contributed by atoms with E-state index in [-0.39, 0.29) is 30.7 Å². The number of ether oxygens (including phenoxy) is 1. The third kappa shape index (κ3) is 7.55. The molecular formula is C19H28N2O5. The van der Waals surface area contributed by atoms with Gasteiger partial charge in [0.25, 0.3) is 0 Å². The molecule has 0 bridgehead atoms. The molecule has 0 fully saturated rings. The average molecular weight is 364 g/mol. The molecule has 7 heteroatoms. The molecule has 0 saturated heterocycles. The zero-order chi connectivity index (χ0) is 19.7. The van der Waals surface area contributed by atoms with Crippen molar-refractivity contribution in [2.24, 2.45) is 5.92 Å². The number of carbonyl (C=O) groups excluding carboxylic acids is 2. The van der Waals surface area contributed by atoms with E-state index >= 15 is 0 Å². The van der Waals surface area contributed by atoms with Gasteiger partial charge in [-0.15, -0.1) is 0 Å². The van der Waals surface area contributed by atoms with Crippen LogP contribution in [0.2, 0.25) is 0 Å². The van der Waals surface area contributed by atoms with Crippen molar-refractivity contribution in [3.63, 3.8) is 0 Å². The number of hydrogen-bond donors (Lipinski definition) is 3. The highest BCUT2D eigenvalue weighted by Gasteiger charge is 2.21. The molecule has 26 heavy (non-hydrogen) atoms. The quantitative estimate of drug-likeness (QED) is 0.588. The minimum absolute atomic E-state index is 0.0170. The summed E-state index contributed by atoms with van der Waals surface area (Å²) < 4.78 is 5.10. The molecule has 7 nitrogen and oxygen atoms in total. The van der Waals surface area contributed by atoms with E-state index in [1.165, 1.54) is 0 Å². The van der Waals surface area contributed by atoms with Crippen LogP contribution in [0.25, 0.3) is 0 Å². The molecule has 1 unspecified atom stereocenters. The maximum absolute atomic E-state index is 12.0. The summed E-state index contributed by atoms with van der Waals surface area (Å²) in [7, 11) is 1.59. The van der Waals surface area contributed by atoms with Crippen LogP contribution >= 0.6 is 0 Å². The smallest absolute Gasteiger partial charge is 0.326 e. The van der Waals surface area contributed by atoms with Crippen LogP contribution in [0, 0.1) is 5.92 Å². The second kappa shape index (κ2) is 10.4. The Morgan fingerprint density at radius 3 is 2.19 bits per heavy atom. The number of hydrogen-bond acceptors (Lipinski definition) is 4. The van der Waals surface area contributed by atoms with E-state index in [2.05, 4.69) is 10.6 Å². The number of rotatable bonds is 10. The number of amides is 2. The summed E-state index contributed by atoms with van der Waals surface area (Å²) in [5.41, 5.74) is 0.994. The summed E-state index contributed by atoms with van der Waals surface area (Å²) in [6, 6.07) is 6.51. The van der Waals surface area contributed by atoms with Crippen LogP contribution in [0.3, 0.4) is 0 Å². The number of methoxy groups -OCH3 is 1. The third-order valence-electron chi connectivity index (χ3n) is 3.96. The van der Waals surface area contributed by atoms with Crippen LogP contribution in [0.1, 0.15) is 45.1 Å². The van der Waals surface area contributed by atoms with Gasteiger partial charge in [-0.2, -0.15) is 0 Å². The first-order valence-electron chi connectivity index (χ1n) is 8.65. The summed E-state index contributed by atoms with van der Waals surface area (Å²) in [5.74, 6) is -0.987. The third-order valence-corrected chi connectivity index (χ3v) is 3.96. The molecule has 1 aromatic rings. The number of nitrogens with one attached hydrogen (secondary N) is 2. The molecule has 0 heterocycles. The van der Waals surface area contributed by atoms with Gasteiger partial charge in [0, 0.05) is 6.42 Å². The van der Waals surface area contributed by atoms with Crippen LogP contribution < -0.4 is 15.4 Å². The van der Waals surface area contributed by atoms with Crippen molar-refractivity contribution in [1.29, 1.82) is 0 Å². The summed E-state index contributed by atoms with van der Waals surface area (Å²) in [6.07, 6.45) is 0.567. The molecule has 0 spiro atoms. The number of benzene rings is 1. The first kappa shape index (κ1) is 21.5. The summed E-state index contributed by atoms with van der Waals surface area (Å²) in [6.45, 7) is 5.44. The number of carboxylic acid groups (broad SMARTS) is 1. The topological polar surface area (TPSA) is 105 Å². The van der Waals surface area contributed by atoms with E-state index in [0.717, 1.165) is 11.3 Å². The lowest BCUT2D eigenvalue weighted by Gasteiger charge is -2.17. The van der Waals surface area contributed by atoms with Crippen molar-refractivity contribution in [3.05, 3.63) is 29.8 Å². The maximum Gasteiger partial charge on any atom is 0.326 e. The molecule has 2 amide bonds. The Kier molecular flexibility index (Phi) is 8.61. The molecule has 0 saturated carbocycles. The maximum atomic E-state index is 12.0. The molecule has 1 rings (SSSR count). The second-order valence-corrected chi connectivity index (χ2v) is 6.74. The fourth-order valence-electron chi connectivity index (χ4n) is 2.52. The minimum Gasteiger partial charge on any atom is -0.497 e. The predicted molar refractivity (Wildman–Crippen MR) is 98.1 cm³/mol. The SMILES string of the molecule is COc1ccc(C(C)CC(=O)NCC(=O)N[C@@H](CC(C)C)C(=O)O)cc1. The molecule has 2 atom stereocenters. The van der Waals surface area contributed by atoms with Crippen molar-refractivity contribution in [3.8, 4) is 5.75 Å². The molecule has 0 aliphatic heterocycles. The number of aliphatic carboxylic acids is 1. The fourth-order valence-corrected chi connectivity index (χ4v) is 2.52. The van der Waals surface area contributed by atoms with Crippen LogP contribution in [-0.2, 0) is 14.4 Å². The Hall–Kier alpha value is -2.57. The Balaban J connectivity index is 2.44. The van der Waals surface area contributed by atoms with E-state index in [1.54, 1.807) is 7.11 Å². The zero-order valence-corrected chi connectivity index (χ0v) is 15.7. The van der Waals surface area contributed by atoms with Gasteiger partial charge in [-0.3, -0.25) is 9.59 Å². The van der Waals surface area contributed by atoms with Gasteiger partial charge in [0.05, 0.1) is 13.7 Å². The van der Waals surface area contributed by atoms with Gasteiger partial charge < -0.3 is 20.5 Å². The molecule has 144 valence electrons. The van der Waals surface area contributed by atoms with Gasteiger partial charge in [0.2, 0.25) is 11.8 Å². The number of carbonyl (C=O) groups is 3.